The standard InChI is InChI=1S/C14H13Cl2N5O.C10H11N3O3.C10H13N3O.C5H2Cl3N.C5H3ClN2O2.C5H9NO.CH3.Pd.H2/c15-9-8-18-14(16)20-12(9)19-10-4-3-6-17-13(10)21-7-2-1-5-11(21)22;14-9-5-1-2-7-12(9)10-8(13(15)16)4-3-6-11-10;11-8-4-3-6-12-10(8)13-7-2-1-5-9(13)14;6-3-1-2-4(7)9-5(3)8;6-5-4(8(9)10)2-1-3-7-5;7-5-3-1-2-4-6-5;;;/h3-4,6,8H,1-2,5,7H2,(H,18,19,20);3-4,6H,1-2,5,7H2;3-4,6H,1-2,5,7,11H2;1-2H;1-3H;1-4H2,(H,6,7);1H3;;1H/q;;;;;;-1;;. The van der Waals surface area contributed by atoms with Crippen LogP contribution in [0.1, 0.15) is 78.5 Å². The number of hydrogen-bond donors (Lipinski definition) is 3. The number of pyridine rings is 5. The van der Waals surface area contributed by atoms with Crippen LogP contribution in [0.25, 0.3) is 0 Å². The van der Waals surface area contributed by atoms with Gasteiger partial charge in [0.1, 0.15) is 15.3 Å². The second-order valence-corrected chi connectivity index (χ2v) is 18.9. The second-order valence-electron chi connectivity index (χ2n) is 16.6. The Hall–Kier alpha value is -6.49. The minimum absolute atomic E-state index is 0. The van der Waals surface area contributed by atoms with Crippen molar-refractivity contribution in [2.75, 3.05) is 51.9 Å². The first-order valence-corrected chi connectivity index (χ1v) is 26.3. The summed E-state index contributed by atoms with van der Waals surface area (Å²) < 4.78 is 0. The maximum atomic E-state index is 12.1. The van der Waals surface area contributed by atoms with Crippen LogP contribution in [-0.2, 0) is 39.6 Å². The Morgan fingerprint density at radius 1 is 0.562 bits per heavy atom. The number of nitrogens with two attached hydrogens (primary N) is 1. The third-order valence-electron chi connectivity index (χ3n) is 11.1. The number of nitrogens with zero attached hydrogens (tertiary/aromatic N) is 12. The maximum Gasteiger partial charge on any atom is 0.312 e. The van der Waals surface area contributed by atoms with E-state index in [1.165, 1.54) is 47.8 Å². The molecule has 0 bridgehead atoms. The zero-order valence-electron chi connectivity index (χ0n) is 42.8. The number of anilines is 6. The fourth-order valence-corrected chi connectivity index (χ4v) is 8.28. The van der Waals surface area contributed by atoms with Crippen molar-refractivity contribution < 1.29 is 50.9 Å². The number of halogens is 6. The van der Waals surface area contributed by atoms with Gasteiger partial charge in [-0.3, -0.25) is 54.1 Å². The van der Waals surface area contributed by atoms with Crippen LogP contribution < -0.4 is 31.1 Å². The molecule has 0 spiro atoms. The van der Waals surface area contributed by atoms with E-state index in [2.05, 4.69) is 45.5 Å². The molecule has 4 fully saturated rings. The van der Waals surface area contributed by atoms with E-state index < -0.39 is 9.85 Å². The van der Waals surface area contributed by atoms with E-state index in [0.29, 0.717) is 76.4 Å². The van der Waals surface area contributed by atoms with Gasteiger partial charge < -0.3 is 23.8 Å². The van der Waals surface area contributed by atoms with Gasteiger partial charge in [0.15, 0.2) is 17.5 Å². The Morgan fingerprint density at radius 3 is 1.54 bits per heavy atom. The number of nitro groups is 2. The van der Waals surface area contributed by atoms with Gasteiger partial charge in [0.25, 0.3) is 0 Å². The SMILES string of the molecule is Clc1ccc(Cl)c(Cl)n1.Nc1cccnc1N1CCCCC1=O.O=C1CCCCN1.O=C1CCCCN1c1ncccc1Nc1nc(Cl)ncc1Cl.O=C1CCCCN1c1ncccc1[N+](=O)[O-].O=[N+]([O-])c1cccnc1Cl.[CH3-].[HH].[Pd]. The molecule has 23 nitrogen and oxygen atoms in total. The maximum absolute atomic E-state index is 12.1. The molecule has 4 saturated heterocycles. The van der Waals surface area contributed by atoms with Crippen LogP contribution in [0, 0.1) is 27.7 Å². The van der Waals surface area contributed by atoms with Crippen LogP contribution in [0.15, 0.2) is 91.6 Å². The molecule has 0 aromatic carbocycles. The fourth-order valence-electron chi connectivity index (χ4n) is 7.37. The summed E-state index contributed by atoms with van der Waals surface area (Å²) in [5.74, 6) is 2.04. The van der Waals surface area contributed by atoms with Gasteiger partial charge in [-0.15, -0.1) is 0 Å². The largest absolute Gasteiger partial charge is 0.396 e. The predicted molar refractivity (Wildman–Crippen MR) is 308 cm³/mol. The van der Waals surface area contributed by atoms with Crippen molar-refractivity contribution in [3.8, 4) is 0 Å². The predicted octanol–water partition coefficient (Wildman–Crippen LogP) is 11.8. The topological polar surface area (TPSA) is 305 Å². The summed E-state index contributed by atoms with van der Waals surface area (Å²) >= 11 is 33.7. The van der Waals surface area contributed by atoms with E-state index in [-0.39, 0.29) is 85.7 Å². The van der Waals surface area contributed by atoms with E-state index in [4.69, 9.17) is 75.3 Å². The number of carbonyl (C=O) groups excluding carboxylic acids is 4. The summed E-state index contributed by atoms with van der Waals surface area (Å²) in [6.07, 6.45) is 17.7. The quantitative estimate of drug-likeness (QED) is 0.0334. The van der Waals surface area contributed by atoms with Gasteiger partial charge in [0.2, 0.25) is 39.9 Å². The number of carbonyl (C=O) groups is 4. The minimum atomic E-state index is -0.574. The number of nitrogens with one attached hydrogen (secondary N) is 2. The van der Waals surface area contributed by atoms with Crippen LogP contribution in [0.5, 0.6) is 0 Å². The van der Waals surface area contributed by atoms with Crippen molar-refractivity contribution in [1.29, 1.82) is 0 Å². The molecular formula is C50H56Cl6N15O8Pd-. The molecule has 30 heteroatoms. The zero-order valence-corrected chi connectivity index (χ0v) is 48.9. The Bertz CT molecular complexity index is 3050. The van der Waals surface area contributed by atoms with Crippen molar-refractivity contribution in [2.45, 2.75) is 77.0 Å². The van der Waals surface area contributed by atoms with Gasteiger partial charge >= 0.3 is 11.4 Å². The number of rotatable bonds is 7. The van der Waals surface area contributed by atoms with E-state index in [1.807, 2.05) is 6.07 Å². The number of hydrogen-bond acceptors (Lipinski definition) is 17. The molecule has 4 amide bonds. The first-order valence-electron chi connectivity index (χ1n) is 24.0. The molecule has 4 N–H and O–H groups in total. The number of nitrogen functional groups attached to an aromatic ring is 1. The van der Waals surface area contributed by atoms with E-state index in [9.17, 15) is 39.4 Å². The Balaban J connectivity index is 0.000000342. The number of aromatic nitrogens is 7. The van der Waals surface area contributed by atoms with Gasteiger partial charge in [-0.25, -0.2) is 29.9 Å². The summed E-state index contributed by atoms with van der Waals surface area (Å²) in [5, 5.41) is 28.1. The first-order chi connectivity index (χ1) is 37.4. The molecule has 80 heavy (non-hydrogen) atoms. The van der Waals surface area contributed by atoms with Gasteiger partial charge in [-0.05, 0) is 111 Å². The molecule has 0 unspecified atom stereocenters. The third kappa shape index (κ3) is 21.5. The molecule has 6 aromatic rings. The molecule has 10 heterocycles. The molecule has 0 saturated carbocycles. The van der Waals surface area contributed by atoms with Gasteiger partial charge in [-0.2, -0.15) is 4.98 Å². The van der Waals surface area contributed by atoms with Gasteiger partial charge in [0, 0.05) is 111 Å². The average molecular weight is 1310 g/mol. The van der Waals surface area contributed by atoms with E-state index in [1.54, 1.807) is 52.5 Å². The number of amides is 4. The van der Waals surface area contributed by atoms with Crippen LogP contribution in [0.4, 0.5) is 46.0 Å². The smallest absolute Gasteiger partial charge is 0.312 e. The average Bonchev–Trinajstić information content (AvgIpc) is 3.43. The molecular weight excluding hydrogens is 1260 g/mol. The normalized spacial score (nSPS) is 14.5. The summed E-state index contributed by atoms with van der Waals surface area (Å²) in [5.41, 5.74) is 6.70. The molecule has 0 aliphatic carbocycles. The minimum Gasteiger partial charge on any atom is -0.396 e. The molecule has 0 radical (unpaired) electrons. The summed E-state index contributed by atoms with van der Waals surface area (Å²) in [7, 11) is 0. The molecule has 10 rings (SSSR count). The van der Waals surface area contributed by atoms with Gasteiger partial charge in [0.05, 0.1) is 32.4 Å². The molecule has 4 aliphatic heterocycles. The summed E-state index contributed by atoms with van der Waals surface area (Å²) in [6.45, 7) is 2.79. The van der Waals surface area contributed by atoms with Crippen LogP contribution in [-0.4, -0.2) is 94.5 Å². The number of piperidine rings is 4. The van der Waals surface area contributed by atoms with Crippen molar-refractivity contribution >= 4 is 139 Å². The van der Waals surface area contributed by atoms with Crippen LogP contribution in [0.3, 0.4) is 0 Å². The van der Waals surface area contributed by atoms with Crippen LogP contribution in [0.2, 0.25) is 30.8 Å². The Kier molecular flexibility index (Phi) is 29.9. The van der Waals surface area contributed by atoms with E-state index >= 15 is 0 Å². The first kappa shape index (κ1) is 67.8. The third-order valence-corrected chi connectivity index (χ3v) is 12.8. The fraction of sp³-hybridized carbons (Fsp3) is 0.320. The van der Waals surface area contributed by atoms with Crippen molar-refractivity contribution in [3.63, 3.8) is 0 Å². The zero-order chi connectivity index (χ0) is 56.6. The molecule has 6 aromatic heterocycles. The summed E-state index contributed by atoms with van der Waals surface area (Å²) in [6, 6.07) is 15.9. The van der Waals surface area contributed by atoms with Crippen molar-refractivity contribution in [3.05, 3.63) is 150 Å². The van der Waals surface area contributed by atoms with Gasteiger partial charge in [-0.1, -0.05) is 58.0 Å². The van der Waals surface area contributed by atoms with Crippen molar-refractivity contribution in [1.82, 2.24) is 40.2 Å². The Morgan fingerprint density at radius 2 is 1.06 bits per heavy atom. The molecule has 0 atom stereocenters. The second kappa shape index (κ2) is 35.3. The Labute approximate surface area is 506 Å². The van der Waals surface area contributed by atoms with Crippen LogP contribution >= 0.6 is 69.6 Å². The monoisotopic (exact) mass is 1310 g/mol. The summed E-state index contributed by atoms with van der Waals surface area (Å²) in [4.78, 5) is 97.7. The van der Waals surface area contributed by atoms with E-state index in [0.717, 1.165) is 70.9 Å². The molecule has 432 valence electrons. The molecule has 4 aliphatic rings. The van der Waals surface area contributed by atoms with Crippen molar-refractivity contribution in [2.24, 2.45) is 0 Å².